The highest BCUT2D eigenvalue weighted by atomic mass is 32.3. The van der Waals surface area contributed by atoms with E-state index in [1.165, 1.54) is 0 Å². The zero-order valence-electron chi connectivity index (χ0n) is 12.6. The fraction of sp³-hybridized carbons (Fsp3) is 0.133. The lowest BCUT2D eigenvalue weighted by atomic mass is 10.1. The van der Waals surface area contributed by atoms with E-state index in [4.69, 9.17) is 4.74 Å². The number of methoxy groups -OCH3 is 1. The van der Waals surface area contributed by atoms with Crippen molar-refractivity contribution in [1.29, 1.82) is 0 Å². The van der Waals surface area contributed by atoms with Gasteiger partial charge in [-0.3, -0.25) is 4.18 Å². The largest absolute Gasteiger partial charge is 0.726 e. The number of anilines is 2. The smallest absolute Gasteiger partial charge is 0.238 e. The van der Waals surface area contributed by atoms with Crippen molar-refractivity contribution < 1.29 is 21.9 Å². The van der Waals surface area contributed by atoms with E-state index in [-0.39, 0.29) is 0 Å². The van der Waals surface area contributed by atoms with Crippen LogP contribution in [0.3, 0.4) is 0 Å². The van der Waals surface area contributed by atoms with E-state index in [1.54, 1.807) is 7.11 Å². The topological polar surface area (TPSA) is 90.7 Å². The highest BCUT2D eigenvalue weighted by molar-refractivity contribution is 7.80. The highest BCUT2D eigenvalue weighted by Crippen LogP contribution is 2.44. The van der Waals surface area contributed by atoms with E-state index in [0.29, 0.717) is 0 Å². The Morgan fingerprint density at radius 2 is 1.70 bits per heavy atom. The monoisotopic (exact) mass is 336 g/mol. The summed E-state index contributed by atoms with van der Waals surface area (Å²) in [7, 11) is -1.93. The molecule has 2 aromatic rings. The standard InChI is InChI=1S/C14H13N2O.CH4O4S/c1-16-11-7-4-3-6-10(11)15-14-12(16)8-5-9-13(14)17-2;1-5-6(2,3)4/h3-9,15H,1H2,2H3;1H3,(H,2,3,4)/q+1;/p-1. The van der Waals surface area contributed by atoms with Crippen molar-refractivity contribution in [2.45, 2.75) is 0 Å². The molecule has 3 rings (SSSR count). The predicted octanol–water partition coefficient (Wildman–Crippen LogP) is 2.38. The lowest BCUT2D eigenvalue weighted by Gasteiger charge is -2.19. The molecule has 1 aliphatic rings. The summed E-state index contributed by atoms with van der Waals surface area (Å²) in [5.41, 5.74) is 4.08. The van der Waals surface area contributed by atoms with Gasteiger partial charge < -0.3 is 14.6 Å². The number of para-hydroxylation sites is 3. The maximum atomic E-state index is 9.22. The van der Waals surface area contributed by atoms with Gasteiger partial charge in [-0.1, -0.05) is 18.2 Å². The number of ether oxygens (including phenoxy) is 1. The SMILES string of the molecule is C=[N+]1c2ccccc2Nc2c(OC)cccc21.COS(=O)(=O)[O-]. The molecule has 8 heteroatoms. The third-order valence-corrected chi connectivity index (χ3v) is 3.58. The summed E-state index contributed by atoms with van der Waals surface area (Å²) in [5, 5.41) is 3.38. The summed E-state index contributed by atoms with van der Waals surface area (Å²) in [6, 6.07) is 14.0. The molecule has 1 N–H and O–H groups in total. The Morgan fingerprint density at radius 1 is 1.09 bits per heavy atom. The first-order valence-corrected chi connectivity index (χ1v) is 7.86. The molecule has 0 unspecified atom stereocenters. The van der Waals surface area contributed by atoms with Gasteiger partial charge in [0, 0.05) is 12.1 Å². The van der Waals surface area contributed by atoms with Gasteiger partial charge in [0.1, 0.15) is 18.2 Å². The lowest BCUT2D eigenvalue weighted by Crippen LogP contribution is -2.12. The number of rotatable bonds is 2. The van der Waals surface area contributed by atoms with Gasteiger partial charge >= 0.3 is 0 Å². The molecule has 0 atom stereocenters. The average Bonchev–Trinajstić information content (AvgIpc) is 2.54. The van der Waals surface area contributed by atoms with Gasteiger partial charge in [-0.15, -0.1) is 0 Å². The van der Waals surface area contributed by atoms with Crippen molar-refractivity contribution in [3.05, 3.63) is 42.5 Å². The van der Waals surface area contributed by atoms with E-state index in [0.717, 1.165) is 35.6 Å². The zero-order chi connectivity index (χ0) is 17.0. The van der Waals surface area contributed by atoms with Crippen LogP contribution in [0.1, 0.15) is 0 Å². The Hall–Kier alpha value is -2.42. The molecule has 2 aromatic carbocycles. The first kappa shape index (κ1) is 16.9. The van der Waals surface area contributed by atoms with Gasteiger partial charge in [0.15, 0.2) is 5.69 Å². The maximum Gasteiger partial charge on any atom is 0.238 e. The van der Waals surface area contributed by atoms with Gasteiger partial charge in [-0.25, -0.2) is 8.42 Å². The van der Waals surface area contributed by atoms with Crippen molar-refractivity contribution in [1.82, 2.24) is 4.58 Å². The Bertz CT molecular complexity index is 834. The summed E-state index contributed by atoms with van der Waals surface area (Å²) in [6.45, 7) is 4.09. The van der Waals surface area contributed by atoms with Crippen LogP contribution < -0.4 is 14.6 Å². The van der Waals surface area contributed by atoms with Crippen LogP contribution in [0.2, 0.25) is 0 Å². The van der Waals surface area contributed by atoms with Gasteiger partial charge in [0.05, 0.1) is 14.2 Å². The summed E-state index contributed by atoms with van der Waals surface area (Å²) in [5.74, 6) is 0.825. The van der Waals surface area contributed by atoms with E-state index < -0.39 is 10.4 Å². The molecule has 7 nitrogen and oxygen atoms in total. The third kappa shape index (κ3) is 3.86. The van der Waals surface area contributed by atoms with Crippen LogP contribution in [0.25, 0.3) is 0 Å². The molecule has 1 aliphatic heterocycles. The number of benzene rings is 2. The summed E-state index contributed by atoms with van der Waals surface area (Å²) >= 11 is 0. The normalized spacial score (nSPS) is 12.2. The Labute approximate surface area is 134 Å². The molecule has 0 amide bonds. The van der Waals surface area contributed by atoms with Crippen molar-refractivity contribution in [2.75, 3.05) is 19.5 Å². The van der Waals surface area contributed by atoms with Crippen LogP contribution >= 0.6 is 0 Å². The molecular weight excluding hydrogens is 320 g/mol. The van der Waals surface area contributed by atoms with E-state index in [1.807, 2.05) is 47.0 Å². The quantitative estimate of drug-likeness (QED) is 0.439. The summed E-state index contributed by atoms with van der Waals surface area (Å²) < 4.78 is 38.3. The lowest BCUT2D eigenvalue weighted by molar-refractivity contribution is 0.314. The number of nitrogens with one attached hydrogen (secondary N) is 1. The first-order chi connectivity index (χ1) is 10.9. The fourth-order valence-electron chi connectivity index (χ4n) is 2.12. The molecule has 0 spiro atoms. The second-order valence-corrected chi connectivity index (χ2v) is 5.65. The Balaban J connectivity index is 0.000000277. The molecule has 0 bridgehead atoms. The average molecular weight is 336 g/mol. The van der Waals surface area contributed by atoms with Crippen LogP contribution in [0.4, 0.5) is 22.7 Å². The predicted molar refractivity (Wildman–Crippen MR) is 88.0 cm³/mol. The third-order valence-electron chi connectivity index (χ3n) is 3.17. The van der Waals surface area contributed by atoms with Crippen LogP contribution in [-0.2, 0) is 14.6 Å². The first-order valence-electron chi connectivity index (χ1n) is 6.52. The minimum absolute atomic E-state index is 0.808. The van der Waals surface area contributed by atoms with Crippen molar-refractivity contribution in [3.8, 4) is 5.75 Å². The minimum Gasteiger partial charge on any atom is -0.726 e. The number of hydrogen-bond acceptors (Lipinski definition) is 6. The van der Waals surface area contributed by atoms with Crippen molar-refractivity contribution >= 4 is 39.9 Å². The van der Waals surface area contributed by atoms with Crippen LogP contribution in [0.5, 0.6) is 5.75 Å². The van der Waals surface area contributed by atoms with Crippen LogP contribution in [-0.4, -0.2) is 33.9 Å². The maximum absolute atomic E-state index is 9.22. The Morgan fingerprint density at radius 3 is 2.30 bits per heavy atom. The number of hydrogen-bond donors (Lipinski definition) is 1. The molecule has 0 radical (unpaired) electrons. The molecule has 122 valence electrons. The zero-order valence-corrected chi connectivity index (χ0v) is 13.5. The van der Waals surface area contributed by atoms with E-state index in [2.05, 4.69) is 16.2 Å². The molecule has 0 saturated carbocycles. The molecule has 0 aromatic heterocycles. The number of fused-ring (bicyclic) bond motifs is 2. The highest BCUT2D eigenvalue weighted by Gasteiger charge is 2.27. The fourth-order valence-corrected chi connectivity index (χ4v) is 2.12. The Kier molecular flexibility index (Phi) is 4.99. The molecule has 0 saturated heterocycles. The van der Waals surface area contributed by atoms with Gasteiger partial charge in [-0.05, 0) is 12.1 Å². The van der Waals surface area contributed by atoms with E-state index >= 15 is 0 Å². The van der Waals surface area contributed by atoms with Gasteiger partial charge in [-0.2, -0.15) is 4.58 Å². The molecule has 23 heavy (non-hydrogen) atoms. The van der Waals surface area contributed by atoms with Crippen LogP contribution in [0, 0.1) is 0 Å². The van der Waals surface area contributed by atoms with Gasteiger partial charge in [0.2, 0.25) is 21.8 Å². The second-order valence-electron chi connectivity index (χ2n) is 4.50. The summed E-state index contributed by atoms with van der Waals surface area (Å²) in [4.78, 5) is 0. The van der Waals surface area contributed by atoms with Crippen LogP contribution in [0.15, 0.2) is 42.5 Å². The van der Waals surface area contributed by atoms with Crippen molar-refractivity contribution in [2.24, 2.45) is 0 Å². The molecule has 0 fully saturated rings. The number of nitrogens with zero attached hydrogens (tertiary/aromatic N) is 1. The minimum atomic E-state index is -4.41. The van der Waals surface area contributed by atoms with E-state index in [9.17, 15) is 13.0 Å². The van der Waals surface area contributed by atoms with Crippen molar-refractivity contribution in [3.63, 3.8) is 0 Å². The molecular formula is C15H16N2O5S. The molecule has 0 aliphatic carbocycles. The molecule has 1 heterocycles. The van der Waals surface area contributed by atoms with Gasteiger partial charge in [0.25, 0.3) is 0 Å². The summed E-state index contributed by atoms with van der Waals surface area (Å²) in [6.07, 6.45) is 0. The second kappa shape index (κ2) is 6.78.